The number of nitrogens with one attached hydrogen (secondary N) is 2. The van der Waals surface area contributed by atoms with E-state index in [9.17, 15) is 32.4 Å². The Labute approximate surface area is 322 Å². The number of rotatable bonds is 16. The fourth-order valence-corrected chi connectivity index (χ4v) is 10.9. The number of Topliss-reactive ketones (excluding diaryl/α,β-unsaturated/α-hetero) is 3. The van der Waals surface area contributed by atoms with E-state index < -0.39 is 55.7 Å². The Morgan fingerprint density at radius 2 is 1.70 bits per heavy atom. The minimum absolute atomic E-state index is 0.0183. The second kappa shape index (κ2) is 17.3. The summed E-state index contributed by atoms with van der Waals surface area (Å²) in [7, 11) is -3.58. The summed E-state index contributed by atoms with van der Waals surface area (Å²) in [4.78, 5) is 71.3. The number of urea groups is 1. The highest BCUT2D eigenvalue weighted by Gasteiger charge is 2.52. The lowest BCUT2D eigenvalue weighted by Gasteiger charge is -2.40. The average Bonchev–Trinajstić information content (AvgIpc) is 3.85. The molecule has 294 valence electrons. The van der Waals surface area contributed by atoms with Crippen molar-refractivity contribution in [3.05, 3.63) is 48.0 Å². The summed E-state index contributed by atoms with van der Waals surface area (Å²) in [5, 5.41) is 6.12. The molecule has 3 fully saturated rings. The van der Waals surface area contributed by atoms with Gasteiger partial charge in [0, 0.05) is 31.7 Å². The zero-order valence-electron chi connectivity index (χ0n) is 32.4. The maximum absolute atomic E-state index is 15.0. The Balaban J connectivity index is 1.42. The molecular formula is C43H59N3O7S. The third kappa shape index (κ3) is 9.35. The van der Waals surface area contributed by atoms with Crippen LogP contribution in [0.25, 0.3) is 0 Å². The number of ketones is 3. The first kappa shape index (κ1) is 41.4. The van der Waals surface area contributed by atoms with E-state index in [0.29, 0.717) is 38.6 Å². The molecule has 3 amide bonds. The molecule has 1 aromatic rings. The van der Waals surface area contributed by atoms with Gasteiger partial charge in [0.2, 0.25) is 11.7 Å². The molecule has 2 N–H and O–H groups in total. The highest BCUT2D eigenvalue weighted by Crippen LogP contribution is 2.44. The van der Waals surface area contributed by atoms with E-state index in [0.717, 1.165) is 49.7 Å². The number of allylic oxidation sites excluding steroid dienone is 1. The van der Waals surface area contributed by atoms with E-state index in [1.807, 2.05) is 24.3 Å². The molecule has 4 aliphatic rings. The van der Waals surface area contributed by atoms with Gasteiger partial charge >= 0.3 is 6.03 Å². The van der Waals surface area contributed by atoms with Crippen LogP contribution < -0.4 is 10.6 Å². The molecule has 2 saturated carbocycles. The third-order valence-corrected chi connectivity index (χ3v) is 15.3. The molecule has 0 spiro atoms. The SMILES string of the molecule is C#CCCC(CC(=O)[C@@H]1[C@H]2CCC[C@H]2CN1C(=O)[C@@H](NC(=O)NC1(CS(=O)(=O)C(C)(C)C)CCCCC1)C1Cc2ccccc2C1)C(=O)C(=O)CCC=C. The molecule has 5 atom stereocenters. The summed E-state index contributed by atoms with van der Waals surface area (Å²) in [6, 6.07) is 5.62. The molecule has 1 aliphatic heterocycles. The molecule has 0 bridgehead atoms. The Hall–Kier alpha value is -3.78. The van der Waals surface area contributed by atoms with Crippen molar-refractivity contribution in [2.75, 3.05) is 12.3 Å². The summed E-state index contributed by atoms with van der Waals surface area (Å²) < 4.78 is 26.0. The van der Waals surface area contributed by atoms with E-state index in [-0.39, 0.29) is 60.9 Å². The lowest BCUT2D eigenvalue weighted by Crippen LogP contribution is -2.62. The Morgan fingerprint density at radius 1 is 1.04 bits per heavy atom. The first-order valence-corrected chi connectivity index (χ1v) is 21.6. The number of carbonyl (C=O) groups excluding carboxylic acids is 5. The van der Waals surface area contributed by atoms with Crippen molar-refractivity contribution in [3.8, 4) is 12.3 Å². The van der Waals surface area contributed by atoms with E-state index in [1.165, 1.54) is 0 Å². The van der Waals surface area contributed by atoms with Crippen molar-refractivity contribution < 1.29 is 32.4 Å². The predicted octanol–water partition coefficient (Wildman–Crippen LogP) is 5.71. The number of carbonyl (C=O) groups is 5. The van der Waals surface area contributed by atoms with Crippen LogP contribution in [0.5, 0.6) is 0 Å². The maximum Gasteiger partial charge on any atom is 0.315 e. The van der Waals surface area contributed by atoms with Crippen LogP contribution in [0.4, 0.5) is 4.79 Å². The number of hydrogen-bond donors (Lipinski definition) is 2. The average molecular weight is 762 g/mol. The van der Waals surface area contributed by atoms with Crippen LogP contribution in [0.15, 0.2) is 36.9 Å². The number of hydrogen-bond acceptors (Lipinski definition) is 7. The molecule has 1 aromatic carbocycles. The lowest BCUT2D eigenvalue weighted by atomic mass is 9.83. The number of nitrogens with zero attached hydrogens (tertiary/aromatic N) is 1. The number of amides is 3. The summed E-state index contributed by atoms with van der Waals surface area (Å²) in [5.41, 5.74) is 1.24. The van der Waals surface area contributed by atoms with Crippen molar-refractivity contribution in [1.29, 1.82) is 0 Å². The molecule has 1 saturated heterocycles. The minimum Gasteiger partial charge on any atom is -0.332 e. The molecule has 11 heteroatoms. The van der Waals surface area contributed by atoms with Gasteiger partial charge in [0.1, 0.15) is 6.04 Å². The van der Waals surface area contributed by atoms with E-state index in [2.05, 4.69) is 23.1 Å². The van der Waals surface area contributed by atoms with Crippen molar-refractivity contribution in [1.82, 2.24) is 15.5 Å². The predicted molar refractivity (Wildman–Crippen MR) is 209 cm³/mol. The fraction of sp³-hybridized carbons (Fsp3) is 0.651. The first-order valence-electron chi connectivity index (χ1n) is 19.9. The zero-order chi connectivity index (χ0) is 39.3. The summed E-state index contributed by atoms with van der Waals surface area (Å²) >= 11 is 0. The Kier molecular flexibility index (Phi) is 13.3. The van der Waals surface area contributed by atoms with E-state index in [1.54, 1.807) is 31.7 Å². The topological polar surface area (TPSA) is 147 Å². The summed E-state index contributed by atoms with van der Waals surface area (Å²) in [6.45, 7) is 9.01. The molecule has 0 aromatic heterocycles. The van der Waals surface area contributed by atoms with Crippen molar-refractivity contribution in [2.24, 2.45) is 23.7 Å². The lowest BCUT2D eigenvalue weighted by molar-refractivity contribution is -0.143. The van der Waals surface area contributed by atoms with Gasteiger partial charge in [-0.15, -0.1) is 18.9 Å². The first-order chi connectivity index (χ1) is 25.6. The van der Waals surface area contributed by atoms with Crippen LogP contribution >= 0.6 is 0 Å². The van der Waals surface area contributed by atoms with E-state index in [4.69, 9.17) is 6.42 Å². The van der Waals surface area contributed by atoms with Crippen molar-refractivity contribution >= 4 is 39.1 Å². The third-order valence-electron chi connectivity index (χ3n) is 12.5. The second-order valence-electron chi connectivity index (χ2n) is 17.2. The molecule has 54 heavy (non-hydrogen) atoms. The van der Waals surface area contributed by atoms with Crippen LogP contribution in [0.1, 0.15) is 115 Å². The Morgan fingerprint density at radius 3 is 2.31 bits per heavy atom. The number of sulfone groups is 1. The molecule has 5 rings (SSSR count). The second-order valence-corrected chi connectivity index (χ2v) is 20.0. The van der Waals surface area contributed by atoms with Gasteiger partial charge in [0.25, 0.3) is 0 Å². The molecule has 10 nitrogen and oxygen atoms in total. The highest BCUT2D eigenvalue weighted by molar-refractivity contribution is 7.92. The summed E-state index contributed by atoms with van der Waals surface area (Å²) in [6.07, 6.45) is 15.0. The largest absolute Gasteiger partial charge is 0.332 e. The number of fused-ring (bicyclic) bond motifs is 2. The van der Waals surface area contributed by atoms with Gasteiger partial charge in [0.15, 0.2) is 21.4 Å². The van der Waals surface area contributed by atoms with Crippen LogP contribution in [0.2, 0.25) is 0 Å². The van der Waals surface area contributed by atoms with Crippen LogP contribution in [0.3, 0.4) is 0 Å². The van der Waals surface area contributed by atoms with Gasteiger partial charge in [-0.25, -0.2) is 13.2 Å². The summed E-state index contributed by atoms with van der Waals surface area (Å²) in [5.74, 6) is -0.540. The van der Waals surface area contributed by atoms with Gasteiger partial charge in [-0.3, -0.25) is 19.2 Å². The van der Waals surface area contributed by atoms with Crippen molar-refractivity contribution in [3.63, 3.8) is 0 Å². The van der Waals surface area contributed by atoms with Gasteiger partial charge in [-0.1, -0.05) is 56.0 Å². The Bertz CT molecular complexity index is 1720. The maximum atomic E-state index is 15.0. The minimum atomic E-state index is -3.58. The normalized spacial score (nSPS) is 23.4. The molecule has 0 radical (unpaired) electrons. The zero-order valence-corrected chi connectivity index (χ0v) is 33.2. The molecular weight excluding hydrogens is 703 g/mol. The van der Waals surface area contributed by atoms with Crippen LogP contribution in [-0.2, 0) is 41.9 Å². The van der Waals surface area contributed by atoms with Gasteiger partial charge in [0.05, 0.1) is 22.1 Å². The number of terminal acetylenes is 1. The number of benzene rings is 1. The molecule has 1 heterocycles. The fourth-order valence-electron chi connectivity index (χ4n) is 9.40. The van der Waals surface area contributed by atoms with E-state index >= 15 is 0 Å². The van der Waals surface area contributed by atoms with Gasteiger partial charge < -0.3 is 15.5 Å². The monoisotopic (exact) mass is 761 g/mol. The van der Waals surface area contributed by atoms with Crippen molar-refractivity contribution in [2.45, 2.75) is 139 Å². The molecule has 3 aliphatic carbocycles. The van der Waals surface area contributed by atoms with Crippen LogP contribution in [-0.4, -0.2) is 77.3 Å². The van der Waals surface area contributed by atoms with Gasteiger partial charge in [-0.05, 0) is 101 Å². The quantitative estimate of drug-likeness (QED) is 0.125. The highest BCUT2D eigenvalue weighted by atomic mass is 32.2. The van der Waals surface area contributed by atoms with Crippen LogP contribution in [0, 0.1) is 36.0 Å². The molecule has 1 unspecified atom stereocenters. The smallest absolute Gasteiger partial charge is 0.315 e. The number of likely N-dealkylation sites (tertiary alicyclic amines) is 1. The standard InChI is InChI=1S/C43H59N3O7S/c1-6-8-16-31(39(49)35(47)21-9-7-2)26-36(48)38-34-20-15-19-32(34)27-46(38)40(50)37(33-24-29-17-11-12-18-30(29)25-33)44-41(51)45-43(22-13-10-14-23-43)28-54(52,53)42(3,4)5/h1,7,11-12,17-18,31-34,37-38H,2,8-10,13-16,19-28H2,3-5H3,(H2,44,45,51)/t31?,32-,34-,37-,38-/m0/s1. The van der Waals surface area contributed by atoms with Gasteiger partial charge in [-0.2, -0.15) is 0 Å².